The van der Waals surface area contributed by atoms with Crippen molar-refractivity contribution in [2.75, 3.05) is 7.11 Å². The second kappa shape index (κ2) is 7.84. The Morgan fingerprint density at radius 2 is 1.67 bits per heavy atom. The normalized spacial score (nSPS) is 46.9. The van der Waals surface area contributed by atoms with Crippen molar-refractivity contribution in [3.63, 3.8) is 0 Å². The molecule has 0 aromatic heterocycles. The molecule has 0 aliphatic heterocycles. The number of carbonyl (C=O) groups is 2. The fraction of sp³-hybridized carbons (Fsp3) is 0.839. The number of hydrogen-bond donors (Lipinski definition) is 1. The van der Waals surface area contributed by atoms with Gasteiger partial charge in [0.25, 0.3) is 0 Å². The number of rotatable bonds is 1. The minimum absolute atomic E-state index is 0.0166. The highest BCUT2D eigenvalue weighted by molar-refractivity contribution is 5.86. The minimum atomic E-state index is -0.527. The van der Waals surface area contributed by atoms with Gasteiger partial charge in [0.15, 0.2) is 0 Å². The second-order valence-electron chi connectivity index (χ2n) is 15.0. The van der Waals surface area contributed by atoms with Gasteiger partial charge in [-0.25, -0.2) is 0 Å². The summed E-state index contributed by atoms with van der Waals surface area (Å²) >= 11 is 0. The Morgan fingerprint density at radius 3 is 2.31 bits per heavy atom. The van der Waals surface area contributed by atoms with E-state index in [1.165, 1.54) is 7.11 Å². The average Bonchev–Trinajstić information content (AvgIpc) is 2.81. The molecule has 5 aliphatic rings. The van der Waals surface area contributed by atoms with Crippen molar-refractivity contribution in [3.8, 4) is 6.07 Å². The van der Waals surface area contributed by atoms with Gasteiger partial charge in [-0.1, -0.05) is 41.5 Å². The molecule has 0 radical (unpaired) electrons. The molecule has 4 fully saturated rings. The molecule has 8 atom stereocenters. The standard InChI is InChI=1S/C31H45NO4/c1-27(2)12-13-31(26(35)36-7)11-8-19-24(20(31)16-27)21(33)14-23-29(19,5)10-9-22-28(3,4)25(34)18(17-32)15-30(22,23)6/h19-20,22-24,34H,8-16H2,1-7H3. The molecule has 0 heterocycles. The molecule has 8 unspecified atom stereocenters. The average molecular weight is 496 g/mol. The Morgan fingerprint density at radius 1 is 0.972 bits per heavy atom. The molecule has 5 aliphatic carbocycles. The molecule has 36 heavy (non-hydrogen) atoms. The molecule has 0 spiro atoms. The minimum Gasteiger partial charge on any atom is -0.511 e. The van der Waals surface area contributed by atoms with Crippen molar-refractivity contribution in [1.29, 1.82) is 5.26 Å². The molecule has 1 N–H and O–H groups in total. The van der Waals surface area contributed by atoms with Gasteiger partial charge in [0.2, 0.25) is 0 Å². The molecule has 0 aromatic rings. The monoisotopic (exact) mass is 495 g/mol. The third kappa shape index (κ3) is 3.18. The van der Waals surface area contributed by atoms with E-state index >= 15 is 0 Å². The number of ketones is 1. The van der Waals surface area contributed by atoms with Crippen LogP contribution in [0.5, 0.6) is 0 Å². The lowest BCUT2D eigenvalue weighted by Gasteiger charge is -2.68. The lowest BCUT2D eigenvalue weighted by Crippen LogP contribution is -2.65. The number of nitrogens with zero attached hydrogens (tertiary/aromatic N) is 1. The van der Waals surface area contributed by atoms with Gasteiger partial charge in [-0.05, 0) is 91.3 Å². The van der Waals surface area contributed by atoms with Gasteiger partial charge in [-0.3, -0.25) is 9.59 Å². The quantitative estimate of drug-likeness (QED) is 0.405. The van der Waals surface area contributed by atoms with Crippen LogP contribution in [0.3, 0.4) is 0 Å². The van der Waals surface area contributed by atoms with Crippen molar-refractivity contribution in [2.24, 2.45) is 56.7 Å². The number of methoxy groups -OCH3 is 1. The number of carbonyl (C=O) groups excluding carboxylic acids is 2. The van der Waals surface area contributed by atoms with E-state index in [-0.39, 0.29) is 57.6 Å². The summed E-state index contributed by atoms with van der Waals surface area (Å²) in [6, 6.07) is 2.31. The van der Waals surface area contributed by atoms with Gasteiger partial charge in [-0.15, -0.1) is 0 Å². The Balaban J connectivity index is 1.58. The number of fused-ring (bicyclic) bond motifs is 7. The summed E-state index contributed by atoms with van der Waals surface area (Å²) in [5.74, 6) is 1.10. The molecule has 0 amide bonds. The maximum atomic E-state index is 14.3. The van der Waals surface area contributed by atoms with E-state index in [9.17, 15) is 20.0 Å². The van der Waals surface area contributed by atoms with Crippen molar-refractivity contribution in [1.82, 2.24) is 0 Å². The zero-order valence-electron chi connectivity index (χ0n) is 23.4. The fourth-order valence-corrected chi connectivity index (χ4v) is 10.8. The molecule has 5 nitrogen and oxygen atoms in total. The first-order chi connectivity index (χ1) is 16.7. The Bertz CT molecular complexity index is 1060. The first kappa shape index (κ1) is 25.8. The van der Waals surface area contributed by atoms with E-state index < -0.39 is 10.8 Å². The van der Waals surface area contributed by atoms with E-state index in [2.05, 4.69) is 47.6 Å². The van der Waals surface area contributed by atoms with Gasteiger partial charge >= 0.3 is 5.97 Å². The number of esters is 1. The van der Waals surface area contributed by atoms with Crippen LogP contribution in [0.4, 0.5) is 0 Å². The van der Waals surface area contributed by atoms with Crippen LogP contribution in [0.15, 0.2) is 11.3 Å². The highest BCUT2D eigenvalue weighted by Crippen LogP contribution is 2.73. The number of allylic oxidation sites excluding steroid dienone is 2. The number of aliphatic hydroxyl groups excluding tert-OH is 1. The van der Waals surface area contributed by atoms with Crippen LogP contribution in [-0.4, -0.2) is 24.0 Å². The van der Waals surface area contributed by atoms with Gasteiger partial charge in [0.1, 0.15) is 11.5 Å². The van der Waals surface area contributed by atoms with E-state index in [0.29, 0.717) is 24.2 Å². The van der Waals surface area contributed by atoms with Gasteiger partial charge in [0.05, 0.1) is 24.2 Å². The molecule has 5 rings (SSSR count). The second-order valence-corrected chi connectivity index (χ2v) is 15.0. The molecule has 0 aromatic carbocycles. The van der Waals surface area contributed by atoms with E-state index in [4.69, 9.17) is 4.74 Å². The molecular formula is C31H45NO4. The smallest absolute Gasteiger partial charge is 0.312 e. The van der Waals surface area contributed by atoms with Crippen LogP contribution >= 0.6 is 0 Å². The highest BCUT2D eigenvalue weighted by atomic mass is 16.5. The van der Waals surface area contributed by atoms with Crippen molar-refractivity contribution < 1.29 is 19.4 Å². The van der Waals surface area contributed by atoms with E-state index in [1.54, 1.807) is 0 Å². The third-order valence-corrected chi connectivity index (χ3v) is 12.5. The first-order valence-electron chi connectivity index (χ1n) is 14.1. The topological polar surface area (TPSA) is 87.4 Å². The van der Waals surface area contributed by atoms with Crippen molar-refractivity contribution in [2.45, 2.75) is 99.3 Å². The summed E-state index contributed by atoms with van der Waals surface area (Å²) in [4.78, 5) is 27.6. The third-order valence-electron chi connectivity index (χ3n) is 12.5. The Kier molecular flexibility index (Phi) is 5.62. The molecule has 4 saturated carbocycles. The lowest BCUT2D eigenvalue weighted by molar-refractivity contribution is -0.205. The predicted octanol–water partition coefficient (Wildman–Crippen LogP) is 6.78. The molecule has 0 saturated heterocycles. The van der Waals surface area contributed by atoms with Gasteiger partial charge in [-0.2, -0.15) is 5.26 Å². The number of aliphatic hydroxyl groups is 1. The molecule has 5 heteroatoms. The zero-order chi connectivity index (χ0) is 26.5. The summed E-state index contributed by atoms with van der Waals surface area (Å²) in [5.41, 5.74) is -0.614. The SMILES string of the molecule is COC(=O)C12CCC3C(C(=O)CC4C3(C)CCC3C(C)(C)C(O)=C(C#N)CC34C)C1CC(C)(C)CC2. The predicted molar refractivity (Wildman–Crippen MR) is 138 cm³/mol. The lowest BCUT2D eigenvalue weighted by atomic mass is 9.35. The van der Waals surface area contributed by atoms with Crippen LogP contribution in [0, 0.1) is 68.0 Å². The van der Waals surface area contributed by atoms with Crippen LogP contribution in [0.1, 0.15) is 99.3 Å². The Hall–Kier alpha value is -1.83. The summed E-state index contributed by atoms with van der Waals surface area (Å²) in [7, 11) is 1.50. The molecule has 0 bridgehead atoms. The van der Waals surface area contributed by atoms with Crippen LogP contribution in [-0.2, 0) is 14.3 Å². The number of hydrogen-bond acceptors (Lipinski definition) is 5. The van der Waals surface area contributed by atoms with Crippen molar-refractivity contribution in [3.05, 3.63) is 11.3 Å². The van der Waals surface area contributed by atoms with E-state index in [1.807, 2.05) is 0 Å². The molecule has 198 valence electrons. The van der Waals surface area contributed by atoms with Crippen LogP contribution in [0.2, 0.25) is 0 Å². The Labute approximate surface area is 217 Å². The number of nitriles is 1. The van der Waals surface area contributed by atoms with Gasteiger partial charge in [0, 0.05) is 17.8 Å². The molecular weight excluding hydrogens is 450 g/mol. The summed E-state index contributed by atoms with van der Waals surface area (Å²) in [5, 5.41) is 20.9. The highest BCUT2D eigenvalue weighted by Gasteiger charge is 2.69. The van der Waals surface area contributed by atoms with Gasteiger partial charge < -0.3 is 9.84 Å². The first-order valence-corrected chi connectivity index (χ1v) is 14.1. The largest absolute Gasteiger partial charge is 0.511 e. The fourth-order valence-electron chi connectivity index (χ4n) is 10.8. The summed E-state index contributed by atoms with van der Waals surface area (Å²) in [6.45, 7) is 13.4. The maximum Gasteiger partial charge on any atom is 0.312 e. The number of ether oxygens (including phenoxy) is 1. The maximum absolute atomic E-state index is 14.3. The van der Waals surface area contributed by atoms with Crippen LogP contribution in [0.25, 0.3) is 0 Å². The summed E-state index contributed by atoms with van der Waals surface area (Å²) < 4.78 is 5.40. The summed E-state index contributed by atoms with van der Waals surface area (Å²) in [6.07, 6.45) is 7.52. The van der Waals surface area contributed by atoms with Crippen LogP contribution < -0.4 is 0 Å². The number of Topliss-reactive ketones (excluding diaryl/α,β-unsaturated/α-hetero) is 1. The van der Waals surface area contributed by atoms with E-state index in [0.717, 1.165) is 44.9 Å². The van der Waals surface area contributed by atoms with Crippen molar-refractivity contribution >= 4 is 11.8 Å². The zero-order valence-corrected chi connectivity index (χ0v) is 23.4.